The van der Waals surface area contributed by atoms with E-state index < -0.39 is 4.92 Å². The first-order valence-electron chi connectivity index (χ1n) is 5.82. The van der Waals surface area contributed by atoms with Gasteiger partial charge in [-0.15, -0.1) is 0 Å². The second-order valence-corrected chi connectivity index (χ2v) is 4.35. The van der Waals surface area contributed by atoms with Gasteiger partial charge in [0.2, 0.25) is 11.7 Å². The lowest BCUT2D eigenvalue weighted by molar-refractivity contribution is -0.384. The Labute approximate surface area is 109 Å². The zero-order chi connectivity index (χ0) is 14.0. The molecule has 0 amide bonds. The number of nitro benzene ring substituents is 1. The van der Waals surface area contributed by atoms with Gasteiger partial charge in [0, 0.05) is 30.2 Å². The molecule has 0 radical (unpaired) electrons. The van der Waals surface area contributed by atoms with Gasteiger partial charge in [-0.2, -0.15) is 4.98 Å². The van der Waals surface area contributed by atoms with Crippen LogP contribution in [0, 0.1) is 17.0 Å². The summed E-state index contributed by atoms with van der Waals surface area (Å²) in [7, 11) is 0. The molecule has 1 aromatic carbocycles. The van der Waals surface area contributed by atoms with Crippen molar-refractivity contribution in [2.75, 3.05) is 6.54 Å². The molecule has 2 N–H and O–H groups in total. The first kappa shape index (κ1) is 13.2. The summed E-state index contributed by atoms with van der Waals surface area (Å²) in [5, 5.41) is 14.6. The molecule has 0 aliphatic carbocycles. The fourth-order valence-corrected chi connectivity index (χ4v) is 1.61. The van der Waals surface area contributed by atoms with Gasteiger partial charge in [0.1, 0.15) is 0 Å². The van der Waals surface area contributed by atoms with Gasteiger partial charge in [-0.3, -0.25) is 10.1 Å². The highest BCUT2D eigenvalue weighted by molar-refractivity contribution is 5.63. The van der Waals surface area contributed by atoms with E-state index >= 15 is 0 Å². The van der Waals surface area contributed by atoms with Crippen LogP contribution in [-0.4, -0.2) is 21.6 Å². The number of rotatable bonds is 4. The molecular formula is C12H14N4O3. The molecule has 0 saturated heterocycles. The molecule has 0 bridgehead atoms. The number of hydrogen-bond donors (Lipinski definition) is 1. The van der Waals surface area contributed by atoms with E-state index in [0.29, 0.717) is 23.8 Å². The van der Waals surface area contributed by atoms with Crippen LogP contribution in [-0.2, 0) is 0 Å². The van der Waals surface area contributed by atoms with Gasteiger partial charge >= 0.3 is 0 Å². The molecule has 0 aliphatic heterocycles. The lowest BCUT2D eigenvalue weighted by Crippen LogP contribution is -2.08. The summed E-state index contributed by atoms with van der Waals surface area (Å²) in [4.78, 5) is 14.6. The standard InChI is InChI=1S/C12H14N4O3/c1-7-3-4-9(16(17)18)5-10(7)11-14-12(19-15-11)8(2)6-13/h3-5,8H,6,13H2,1-2H3. The largest absolute Gasteiger partial charge is 0.339 e. The smallest absolute Gasteiger partial charge is 0.270 e. The summed E-state index contributed by atoms with van der Waals surface area (Å²) in [5.74, 6) is 0.736. The second kappa shape index (κ2) is 5.15. The van der Waals surface area contributed by atoms with Crippen molar-refractivity contribution < 1.29 is 9.45 Å². The maximum atomic E-state index is 10.8. The van der Waals surface area contributed by atoms with E-state index in [2.05, 4.69) is 10.1 Å². The summed E-state index contributed by atoms with van der Waals surface area (Å²) < 4.78 is 5.12. The minimum atomic E-state index is -0.452. The van der Waals surface area contributed by atoms with Crippen molar-refractivity contribution in [1.82, 2.24) is 10.1 Å². The van der Waals surface area contributed by atoms with Gasteiger partial charge in [0.05, 0.1) is 4.92 Å². The third kappa shape index (κ3) is 2.60. The molecule has 1 aromatic heterocycles. The highest BCUT2D eigenvalue weighted by Crippen LogP contribution is 2.26. The number of benzene rings is 1. The molecule has 0 spiro atoms. The Hall–Kier alpha value is -2.28. The average molecular weight is 262 g/mol. The Kier molecular flexibility index (Phi) is 3.57. The van der Waals surface area contributed by atoms with Crippen LogP contribution in [0.5, 0.6) is 0 Å². The number of nitrogens with two attached hydrogens (primary N) is 1. The van der Waals surface area contributed by atoms with Crippen LogP contribution < -0.4 is 5.73 Å². The van der Waals surface area contributed by atoms with Crippen molar-refractivity contribution >= 4 is 5.69 Å². The van der Waals surface area contributed by atoms with Gasteiger partial charge in [0.15, 0.2) is 0 Å². The molecule has 2 rings (SSSR count). The summed E-state index contributed by atoms with van der Waals surface area (Å²) >= 11 is 0. The molecule has 7 heteroatoms. The van der Waals surface area contributed by atoms with Gasteiger partial charge < -0.3 is 10.3 Å². The molecule has 19 heavy (non-hydrogen) atoms. The van der Waals surface area contributed by atoms with Crippen molar-refractivity contribution in [1.29, 1.82) is 0 Å². The van der Waals surface area contributed by atoms with E-state index in [4.69, 9.17) is 10.3 Å². The van der Waals surface area contributed by atoms with Gasteiger partial charge in [0.25, 0.3) is 5.69 Å². The normalized spacial score (nSPS) is 12.4. The van der Waals surface area contributed by atoms with E-state index in [0.717, 1.165) is 5.56 Å². The first-order chi connectivity index (χ1) is 9.02. The number of aryl methyl sites for hydroxylation is 1. The van der Waals surface area contributed by atoms with Gasteiger partial charge in [-0.05, 0) is 12.5 Å². The van der Waals surface area contributed by atoms with Crippen molar-refractivity contribution in [3.05, 3.63) is 39.8 Å². The topological polar surface area (TPSA) is 108 Å². The van der Waals surface area contributed by atoms with E-state index in [9.17, 15) is 10.1 Å². The maximum Gasteiger partial charge on any atom is 0.270 e. The summed E-state index contributed by atoms with van der Waals surface area (Å²) in [6.45, 7) is 4.11. The van der Waals surface area contributed by atoms with Gasteiger partial charge in [-0.1, -0.05) is 18.1 Å². The number of nitrogens with zero attached hydrogens (tertiary/aromatic N) is 3. The molecule has 100 valence electrons. The molecule has 0 aliphatic rings. The third-order valence-corrected chi connectivity index (χ3v) is 2.89. The van der Waals surface area contributed by atoms with E-state index in [1.54, 1.807) is 6.07 Å². The predicted molar refractivity (Wildman–Crippen MR) is 68.6 cm³/mol. The van der Waals surface area contributed by atoms with Crippen molar-refractivity contribution in [2.24, 2.45) is 5.73 Å². The predicted octanol–water partition coefficient (Wildman–Crippen LogP) is 2.02. The fourth-order valence-electron chi connectivity index (χ4n) is 1.61. The molecule has 1 heterocycles. The number of hydrogen-bond acceptors (Lipinski definition) is 6. The Morgan fingerprint density at radius 2 is 2.26 bits per heavy atom. The lowest BCUT2D eigenvalue weighted by Gasteiger charge is -2.01. The molecule has 0 fully saturated rings. The zero-order valence-electron chi connectivity index (χ0n) is 10.7. The number of non-ortho nitro benzene ring substituents is 1. The van der Waals surface area contributed by atoms with Crippen molar-refractivity contribution in [3.8, 4) is 11.4 Å². The minimum Gasteiger partial charge on any atom is -0.339 e. The molecule has 1 atom stereocenters. The monoisotopic (exact) mass is 262 g/mol. The van der Waals surface area contributed by atoms with Crippen LogP contribution >= 0.6 is 0 Å². The Morgan fingerprint density at radius 1 is 1.53 bits per heavy atom. The Morgan fingerprint density at radius 3 is 2.89 bits per heavy atom. The van der Waals surface area contributed by atoms with E-state index in [1.165, 1.54) is 12.1 Å². The summed E-state index contributed by atoms with van der Waals surface area (Å²) in [6.07, 6.45) is 0. The maximum absolute atomic E-state index is 10.8. The SMILES string of the molecule is Cc1ccc([N+](=O)[O-])cc1-c1noc(C(C)CN)n1. The lowest BCUT2D eigenvalue weighted by atomic mass is 10.1. The minimum absolute atomic E-state index is 0.00109. The third-order valence-electron chi connectivity index (χ3n) is 2.89. The summed E-state index contributed by atoms with van der Waals surface area (Å²) in [5.41, 5.74) is 6.96. The molecule has 7 nitrogen and oxygen atoms in total. The fraction of sp³-hybridized carbons (Fsp3) is 0.333. The van der Waals surface area contributed by atoms with Crippen LogP contribution in [0.15, 0.2) is 22.7 Å². The van der Waals surface area contributed by atoms with Crippen LogP contribution in [0.1, 0.15) is 24.3 Å². The quantitative estimate of drug-likeness (QED) is 0.667. The highest BCUT2D eigenvalue weighted by Gasteiger charge is 2.17. The molecule has 0 saturated carbocycles. The molecule has 1 unspecified atom stereocenters. The van der Waals surface area contributed by atoms with Crippen LogP contribution in [0.4, 0.5) is 5.69 Å². The van der Waals surface area contributed by atoms with Crippen LogP contribution in [0.3, 0.4) is 0 Å². The van der Waals surface area contributed by atoms with Crippen LogP contribution in [0.25, 0.3) is 11.4 Å². The number of aromatic nitrogens is 2. The first-order valence-corrected chi connectivity index (χ1v) is 5.82. The Bertz CT molecular complexity index is 609. The zero-order valence-corrected chi connectivity index (χ0v) is 10.7. The highest BCUT2D eigenvalue weighted by atomic mass is 16.6. The number of nitro groups is 1. The van der Waals surface area contributed by atoms with Crippen LogP contribution in [0.2, 0.25) is 0 Å². The average Bonchev–Trinajstić information content (AvgIpc) is 2.87. The molecule has 2 aromatic rings. The second-order valence-electron chi connectivity index (χ2n) is 4.35. The van der Waals surface area contributed by atoms with Crippen molar-refractivity contribution in [3.63, 3.8) is 0 Å². The van der Waals surface area contributed by atoms with E-state index in [1.807, 2.05) is 13.8 Å². The van der Waals surface area contributed by atoms with Gasteiger partial charge in [-0.25, -0.2) is 0 Å². The van der Waals surface area contributed by atoms with E-state index in [-0.39, 0.29) is 11.6 Å². The summed E-state index contributed by atoms with van der Waals surface area (Å²) in [6, 6.07) is 4.55. The Balaban J connectivity index is 2.43. The van der Waals surface area contributed by atoms with Crippen molar-refractivity contribution in [2.45, 2.75) is 19.8 Å². The molecular weight excluding hydrogens is 248 g/mol.